The molecule has 0 heterocycles. The first-order valence-corrected chi connectivity index (χ1v) is 12.3. The third kappa shape index (κ3) is 4.51. The van der Waals surface area contributed by atoms with Crippen molar-refractivity contribution in [3.8, 4) is 11.1 Å². The average molecular weight is 477 g/mol. The van der Waals surface area contributed by atoms with E-state index in [4.69, 9.17) is 9.84 Å². The number of hydrogen-bond acceptors (Lipinski definition) is 4. The van der Waals surface area contributed by atoms with Crippen LogP contribution in [0.15, 0.2) is 48.5 Å². The van der Waals surface area contributed by atoms with Gasteiger partial charge in [0.2, 0.25) is 5.91 Å². The highest BCUT2D eigenvalue weighted by Gasteiger charge is 2.65. The van der Waals surface area contributed by atoms with Crippen molar-refractivity contribution < 1.29 is 24.2 Å². The van der Waals surface area contributed by atoms with Gasteiger partial charge in [0.05, 0.1) is 11.8 Å². The maximum Gasteiger partial charge on any atom is 0.407 e. The second kappa shape index (κ2) is 8.70. The van der Waals surface area contributed by atoms with Crippen LogP contribution < -0.4 is 10.6 Å². The molecular formula is C28H32N2O5. The summed E-state index contributed by atoms with van der Waals surface area (Å²) in [6.07, 6.45) is 1.72. The molecule has 0 aromatic heterocycles. The van der Waals surface area contributed by atoms with Crippen LogP contribution >= 0.6 is 0 Å². The van der Waals surface area contributed by atoms with E-state index in [1.165, 1.54) is 22.3 Å². The molecule has 7 nitrogen and oxygen atoms in total. The highest BCUT2D eigenvalue weighted by atomic mass is 16.5. The third-order valence-electron chi connectivity index (χ3n) is 7.89. The van der Waals surface area contributed by atoms with E-state index in [0.29, 0.717) is 13.0 Å². The van der Waals surface area contributed by atoms with Crippen molar-refractivity contribution in [1.29, 1.82) is 0 Å². The van der Waals surface area contributed by atoms with E-state index in [1.807, 2.05) is 38.1 Å². The lowest BCUT2D eigenvalue weighted by molar-refractivity contribution is -0.139. The quantitative estimate of drug-likeness (QED) is 0.527. The molecule has 35 heavy (non-hydrogen) atoms. The molecule has 2 saturated carbocycles. The number of carbonyl (C=O) groups is 3. The second-order valence-corrected chi connectivity index (χ2v) is 11.1. The van der Waals surface area contributed by atoms with Gasteiger partial charge in [-0.2, -0.15) is 0 Å². The molecule has 0 bridgehead atoms. The number of alkyl carbamates (subject to hydrolysis) is 1. The molecule has 0 radical (unpaired) electrons. The van der Waals surface area contributed by atoms with Crippen LogP contribution in [-0.4, -0.2) is 42.3 Å². The Bertz CT molecular complexity index is 1130. The lowest BCUT2D eigenvalue weighted by Gasteiger charge is -2.25. The molecule has 2 aromatic carbocycles. The van der Waals surface area contributed by atoms with Crippen LogP contribution in [0.4, 0.5) is 4.79 Å². The Balaban J connectivity index is 1.14. The maximum atomic E-state index is 12.9. The van der Waals surface area contributed by atoms with E-state index >= 15 is 0 Å². The number of carboxylic acids is 1. The van der Waals surface area contributed by atoms with Crippen molar-refractivity contribution in [2.45, 2.75) is 51.5 Å². The van der Waals surface area contributed by atoms with Crippen LogP contribution in [0, 0.1) is 16.7 Å². The van der Waals surface area contributed by atoms with Crippen molar-refractivity contribution in [1.82, 2.24) is 10.6 Å². The minimum absolute atomic E-state index is 0.00429. The fraction of sp³-hybridized carbons (Fsp3) is 0.464. The van der Waals surface area contributed by atoms with Gasteiger partial charge in [0.1, 0.15) is 6.61 Å². The third-order valence-corrected chi connectivity index (χ3v) is 7.89. The fourth-order valence-corrected chi connectivity index (χ4v) is 6.06. The van der Waals surface area contributed by atoms with Crippen LogP contribution in [0.1, 0.15) is 56.6 Å². The minimum Gasteiger partial charge on any atom is -0.481 e. The molecule has 0 spiro atoms. The lowest BCUT2D eigenvalue weighted by Crippen LogP contribution is -2.41. The average Bonchev–Trinajstić information content (AvgIpc) is 3.24. The van der Waals surface area contributed by atoms with Crippen LogP contribution in [0.25, 0.3) is 11.1 Å². The first-order chi connectivity index (χ1) is 16.7. The van der Waals surface area contributed by atoms with Crippen molar-refractivity contribution in [3.63, 3.8) is 0 Å². The van der Waals surface area contributed by atoms with E-state index in [1.54, 1.807) is 0 Å². The second-order valence-electron chi connectivity index (χ2n) is 11.1. The topological polar surface area (TPSA) is 105 Å². The van der Waals surface area contributed by atoms with Gasteiger partial charge < -0.3 is 20.5 Å². The molecule has 0 unspecified atom stereocenters. The van der Waals surface area contributed by atoms with Gasteiger partial charge in [-0.15, -0.1) is 0 Å². The molecule has 7 heteroatoms. The van der Waals surface area contributed by atoms with Crippen molar-refractivity contribution in [2.75, 3.05) is 13.2 Å². The molecule has 3 aliphatic carbocycles. The van der Waals surface area contributed by atoms with E-state index < -0.39 is 22.9 Å². The Morgan fingerprint density at radius 3 is 2.29 bits per heavy atom. The van der Waals surface area contributed by atoms with E-state index in [9.17, 15) is 14.4 Å². The number of hydrogen-bond donors (Lipinski definition) is 3. The summed E-state index contributed by atoms with van der Waals surface area (Å²) < 4.78 is 5.67. The molecule has 2 amide bonds. The number of nitrogens with one attached hydrogen (secondary N) is 2. The van der Waals surface area contributed by atoms with Crippen molar-refractivity contribution in [2.24, 2.45) is 16.7 Å². The van der Waals surface area contributed by atoms with Gasteiger partial charge in [-0.1, -0.05) is 62.4 Å². The largest absolute Gasteiger partial charge is 0.481 e. The Kier molecular flexibility index (Phi) is 5.82. The Hall–Kier alpha value is -3.35. The zero-order valence-corrected chi connectivity index (χ0v) is 20.2. The molecule has 2 fully saturated rings. The van der Waals surface area contributed by atoms with Crippen LogP contribution in [0.3, 0.4) is 0 Å². The molecule has 0 aliphatic heterocycles. The standard InChI is InChI=1S/C28H32N2O5/c1-27(2,14-24(31)32)16-29-25(33)28-12-17(28)11-18(13-28)30-26(34)35-15-23-21-9-5-3-7-19(21)20-8-4-6-10-22(20)23/h3-10,17-18,23H,11-16H2,1-2H3,(H,29,33)(H,30,34)(H,31,32)/t17-,18+,28+/m0/s1. The molecule has 3 aliphatic rings. The summed E-state index contributed by atoms with van der Waals surface area (Å²) in [7, 11) is 0. The number of rotatable bonds is 8. The van der Waals surface area contributed by atoms with E-state index in [2.05, 4.69) is 34.9 Å². The highest BCUT2D eigenvalue weighted by Crippen LogP contribution is 2.63. The Labute approximate surface area is 205 Å². The van der Waals surface area contributed by atoms with Crippen molar-refractivity contribution in [3.05, 3.63) is 59.7 Å². The summed E-state index contributed by atoms with van der Waals surface area (Å²) in [5.41, 5.74) is 3.76. The highest BCUT2D eigenvalue weighted by molar-refractivity contribution is 5.87. The van der Waals surface area contributed by atoms with Gasteiger partial charge >= 0.3 is 12.1 Å². The molecular weight excluding hydrogens is 444 g/mol. The Morgan fingerprint density at radius 1 is 1.03 bits per heavy atom. The molecule has 3 N–H and O–H groups in total. The summed E-state index contributed by atoms with van der Waals surface area (Å²) in [5.74, 6) is -0.641. The number of carboxylic acid groups (broad SMARTS) is 1. The van der Waals surface area contributed by atoms with Gasteiger partial charge in [-0.25, -0.2) is 4.79 Å². The molecule has 3 atom stereocenters. The Morgan fingerprint density at radius 2 is 1.66 bits per heavy atom. The lowest BCUT2D eigenvalue weighted by atomic mass is 9.89. The summed E-state index contributed by atoms with van der Waals surface area (Å²) in [5, 5.41) is 15.0. The first kappa shape index (κ1) is 23.4. The number of aliphatic carboxylic acids is 1. The van der Waals surface area contributed by atoms with E-state index in [-0.39, 0.29) is 36.8 Å². The molecule has 184 valence electrons. The normalized spacial score (nSPS) is 24.2. The van der Waals surface area contributed by atoms with Gasteiger partial charge in [-0.05, 0) is 52.8 Å². The van der Waals surface area contributed by atoms with Gasteiger partial charge in [0.25, 0.3) is 0 Å². The number of fused-ring (bicyclic) bond motifs is 4. The summed E-state index contributed by atoms with van der Waals surface area (Å²) in [6, 6.07) is 16.4. The van der Waals surface area contributed by atoms with Gasteiger partial charge in [0.15, 0.2) is 0 Å². The van der Waals surface area contributed by atoms with Crippen LogP contribution in [0.2, 0.25) is 0 Å². The predicted molar refractivity (Wildman–Crippen MR) is 131 cm³/mol. The zero-order valence-electron chi connectivity index (χ0n) is 20.2. The molecule has 2 aromatic rings. The first-order valence-electron chi connectivity index (χ1n) is 12.3. The number of carbonyl (C=O) groups excluding carboxylic acids is 2. The predicted octanol–water partition coefficient (Wildman–Crippen LogP) is 4.31. The van der Waals surface area contributed by atoms with E-state index in [0.717, 1.165) is 12.8 Å². The SMILES string of the molecule is CC(C)(CNC(=O)[C@]12C[C@H](NC(=O)OCC3c4ccccc4-c4ccccc43)C[C@H]1C2)CC(=O)O. The van der Waals surface area contributed by atoms with Crippen LogP contribution in [0.5, 0.6) is 0 Å². The monoisotopic (exact) mass is 476 g/mol. The van der Waals surface area contributed by atoms with Crippen LogP contribution in [-0.2, 0) is 14.3 Å². The summed E-state index contributed by atoms with van der Waals surface area (Å²) in [6.45, 7) is 4.25. The molecule has 0 saturated heterocycles. The van der Waals surface area contributed by atoms with Crippen molar-refractivity contribution >= 4 is 18.0 Å². The maximum absolute atomic E-state index is 12.9. The fourth-order valence-electron chi connectivity index (χ4n) is 6.06. The number of ether oxygens (including phenoxy) is 1. The smallest absolute Gasteiger partial charge is 0.407 e. The summed E-state index contributed by atoms with van der Waals surface area (Å²) in [4.78, 5) is 36.6. The number of benzene rings is 2. The number of amides is 2. The minimum atomic E-state index is -0.875. The van der Waals surface area contributed by atoms with Gasteiger partial charge in [0, 0.05) is 18.5 Å². The summed E-state index contributed by atoms with van der Waals surface area (Å²) >= 11 is 0. The zero-order chi connectivity index (χ0) is 24.8. The molecule has 5 rings (SSSR count). The van der Waals surface area contributed by atoms with Gasteiger partial charge in [-0.3, -0.25) is 9.59 Å².